The second-order valence-electron chi connectivity index (χ2n) is 7.14. The Hall–Kier alpha value is -2.18. The number of aryl methyl sites for hydroxylation is 2. The lowest BCUT2D eigenvalue weighted by Crippen LogP contribution is -2.45. The maximum Gasteiger partial charge on any atom is 0.251 e. The van der Waals surface area contributed by atoms with Crippen LogP contribution in [0.4, 0.5) is 0 Å². The number of piperazine rings is 1. The number of hydrogen-bond donors (Lipinski definition) is 1. The third kappa shape index (κ3) is 4.71. The fourth-order valence-electron chi connectivity index (χ4n) is 3.32. The highest BCUT2D eigenvalue weighted by Crippen LogP contribution is 2.13. The van der Waals surface area contributed by atoms with Gasteiger partial charge in [0.2, 0.25) is 0 Å². The number of nitrogens with one attached hydrogen (secondary N) is 1. The minimum Gasteiger partial charge on any atom is -0.352 e. The highest BCUT2D eigenvalue weighted by Gasteiger charge is 2.13. The summed E-state index contributed by atoms with van der Waals surface area (Å²) in [6, 6.07) is 9.65. The highest BCUT2D eigenvalue weighted by atomic mass is 16.1. The summed E-state index contributed by atoms with van der Waals surface area (Å²) < 4.78 is 1.90. The Kier molecular flexibility index (Phi) is 6.06. The Morgan fingerprint density at radius 3 is 2.42 bits per heavy atom. The van der Waals surface area contributed by atoms with E-state index < -0.39 is 0 Å². The second-order valence-corrected chi connectivity index (χ2v) is 7.14. The van der Waals surface area contributed by atoms with Crippen molar-refractivity contribution in [2.45, 2.75) is 20.3 Å². The smallest absolute Gasteiger partial charge is 0.251 e. The number of benzene rings is 1. The Morgan fingerprint density at radius 2 is 1.81 bits per heavy atom. The molecule has 1 amide bonds. The third-order valence-electron chi connectivity index (χ3n) is 4.92. The van der Waals surface area contributed by atoms with Crippen LogP contribution in [0.2, 0.25) is 0 Å². The van der Waals surface area contributed by atoms with Crippen molar-refractivity contribution >= 4 is 5.91 Å². The first kappa shape index (κ1) is 18.6. The summed E-state index contributed by atoms with van der Waals surface area (Å²) in [7, 11) is 2.16. The quantitative estimate of drug-likeness (QED) is 0.804. The van der Waals surface area contributed by atoms with Gasteiger partial charge in [0.25, 0.3) is 5.91 Å². The van der Waals surface area contributed by atoms with Crippen molar-refractivity contribution in [3.8, 4) is 5.69 Å². The van der Waals surface area contributed by atoms with E-state index in [1.807, 2.05) is 48.9 Å². The molecule has 6 heteroatoms. The second kappa shape index (κ2) is 8.47. The molecule has 0 atom stereocenters. The standard InChI is InChI=1S/C20H29N5O/c1-16-15-17(2)25(22-16)19-7-5-18(6-8-19)20(26)21-9-4-10-24-13-11-23(3)12-14-24/h5-8,15H,4,9-14H2,1-3H3,(H,21,26). The van der Waals surface area contributed by atoms with E-state index in [0.29, 0.717) is 12.1 Å². The Morgan fingerprint density at radius 1 is 1.12 bits per heavy atom. The third-order valence-corrected chi connectivity index (χ3v) is 4.92. The van der Waals surface area contributed by atoms with Gasteiger partial charge in [-0.2, -0.15) is 5.10 Å². The van der Waals surface area contributed by atoms with Gasteiger partial charge in [0.05, 0.1) is 11.4 Å². The van der Waals surface area contributed by atoms with Crippen molar-refractivity contribution in [1.82, 2.24) is 24.9 Å². The molecule has 2 heterocycles. The van der Waals surface area contributed by atoms with Crippen LogP contribution >= 0.6 is 0 Å². The summed E-state index contributed by atoms with van der Waals surface area (Å²) >= 11 is 0. The van der Waals surface area contributed by atoms with Gasteiger partial charge in [0.15, 0.2) is 0 Å². The van der Waals surface area contributed by atoms with Gasteiger partial charge in [-0.15, -0.1) is 0 Å². The van der Waals surface area contributed by atoms with Gasteiger partial charge in [-0.1, -0.05) is 0 Å². The maximum absolute atomic E-state index is 12.3. The minimum atomic E-state index is -0.0108. The molecule has 140 valence electrons. The molecule has 1 N–H and O–H groups in total. The molecular formula is C20H29N5O. The Labute approximate surface area is 155 Å². The van der Waals surface area contributed by atoms with E-state index >= 15 is 0 Å². The van der Waals surface area contributed by atoms with Crippen LogP contribution in [0.5, 0.6) is 0 Å². The topological polar surface area (TPSA) is 53.4 Å². The molecule has 1 saturated heterocycles. The fraction of sp³-hybridized carbons (Fsp3) is 0.500. The molecular weight excluding hydrogens is 326 g/mol. The average molecular weight is 355 g/mol. The molecule has 0 bridgehead atoms. The lowest BCUT2D eigenvalue weighted by atomic mass is 10.2. The van der Waals surface area contributed by atoms with Crippen LogP contribution in [-0.2, 0) is 0 Å². The molecule has 1 aromatic heterocycles. The van der Waals surface area contributed by atoms with Crippen LogP contribution in [0, 0.1) is 13.8 Å². The average Bonchev–Trinajstić information content (AvgIpc) is 2.98. The van der Waals surface area contributed by atoms with Crippen molar-refractivity contribution in [1.29, 1.82) is 0 Å². The monoisotopic (exact) mass is 355 g/mol. The summed E-state index contributed by atoms with van der Waals surface area (Å²) in [6.45, 7) is 10.3. The van der Waals surface area contributed by atoms with E-state index in [-0.39, 0.29) is 5.91 Å². The summed E-state index contributed by atoms with van der Waals surface area (Å²) in [5, 5.41) is 7.50. The number of carbonyl (C=O) groups excluding carboxylic acids is 1. The van der Waals surface area contributed by atoms with E-state index in [4.69, 9.17) is 0 Å². The zero-order valence-electron chi connectivity index (χ0n) is 16.0. The number of carbonyl (C=O) groups is 1. The SMILES string of the molecule is Cc1cc(C)n(-c2ccc(C(=O)NCCCN3CCN(C)CC3)cc2)n1. The number of hydrogen-bond acceptors (Lipinski definition) is 4. The zero-order chi connectivity index (χ0) is 18.5. The maximum atomic E-state index is 12.3. The normalized spacial score (nSPS) is 16.0. The molecule has 0 aliphatic carbocycles. The lowest BCUT2D eigenvalue weighted by molar-refractivity contribution is 0.0949. The highest BCUT2D eigenvalue weighted by molar-refractivity contribution is 5.94. The van der Waals surface area contributed by atoms with E-state index in [2.05, 4.69) is 27.3 Å². The molecule has 2 aromatic rings. The molecule has 0 radical (unpaired) electrons. The largest absolute Gasteiger partial charge is 0.352 e. The first-order chi connectivity index (χ1) is 12.5. The molecule has 1 aliphatic heterocycles. The van der Waals surface area contributed by atoms with Gasteiger partial charge in [-0.3, -0.25) is 4.79 Å². The summed E-state index contributed by atoms with van der Waals surface area (Å²) in [4.78, 5) is 17.1. The molecule has 1 fully saturated rings. The Bertz CT molecular complexity index is 729. The van der Waals surface area contributed by atoms with Crippen LogP contribution in [0.15, 0.2) is 30.3 Å². The van der Waals surface area contributed by atoms with Crippen molar-refractivity contribution < 1.29 is 4.79 Å². The molecule has 26 heavy (non-hydrogen) atoms. The van der Waals surface area contributed by atoms with Crippen molar-refractivity contribution in [3.05, 3.63) is 47.3 Å². The molecule has 1 aliphatic rings. The lowest BCUT2D eigenvalue weighted by Gasteiger charge is -2.32. The predicted molar refractivity (Wildman–Crippen MR) is 104 cm³/mol. The summed E-state index contributed by atoms with van der Waals surface area (Å²) in [5.41, 5.74) is 3.74. The molecule has 0 unspecified atom stereocenters. The first-order valence-corrected chi connectivity index (χ1v) is 9.36. The first-order valence-electron chi connectivity index (χ1n) is 9.36. The minimum absolute atomic E-state index is 0.0108. The van der Waals surface area contributed by atoms with Crippen LogP contribution < -0.4 is 5.32 Å². The van der Waals surface area contributed by atoms with E-state index in [1.165, 1.54) is 0 Å². The van der Waals surface area contributed by atoms with Gasteiger partial charge in [0, 0.05) is 44.0 Å². The molecule has 0 saturated carbocycles. The van der Waals surface area contributed by atoms with E-state index in [9.17, 15) is 4.79 Å². The Balaban J connectivity index is 1.45. The number of amides is 1. The molecule has 6 nitrogen and oxygen atoms in total. The number of likely N-dealkylation sites (N-methyl/N-ethyl adjacent to an activating group) is 1. The van der Waals surface area contributed by atoms with Crippen LogP contribution in [0.25, 0.3) is 5.69 Å². The van der Waals surface area contributed by atoms with E-state index in [0.717, 1.165) is 56.2 Å². The number of nitrogens with zero attached hydrogens (tertiary/aromatic N) is 4. The molecule has 0 spiro atoms. The molecule has 1 aromatic carbocycles. The van der Waals surface area contributed by atoms with E-state index in [1.54, 1.807) is 0 Å². The zero-order valence-corrected chi connectivity index (χ0v) is 16.0. The fourth-order valence-corrected chi connectivity index (χ4v) is 3.32. The molecule has 3 rings (SSSR count). The van der Waals surface area contributed by atoms with Crippen LogP contribution in [0.3, 0.4) is 0 Å². The van der Waals surface area contributed by atoms with Gasteiger partial charge in [0.1, 0.15) is 0 Å². The van der Waals surface area contributed by atoms with Crippen LogP contribution in [-0.4, -0.2) is 71.8 Å². The van der Waals surface area contributed by atoms with Crippen molar-refractivity contribution in [2.75, 3.05) is 46.3 Å². The van der Waals surface area contributed by atoms with Gasteiger partial charge in [-0.05, 0) is 64.2 Å². The van der Waals surface area contributed by atoms with Gasteiger partial charge in [-0.25, -0.2) is 4.68 Å². The predicted octanol–water partition coefficient (Wildman–Crippen LogP) is 1.86. The van der Waals surface area contributed by atoms with Crippen LogP contribution in [0.1, 0.15) is 28.2 Å². The summed E-state index contributed by atoms with van der Waals surface area (Å²) in [6.07, 6.45) is 0.985. The van der Waals surface area contributed by atoms with Crippen molar-refractivity contribution in [3.63, 3.8) is 0 Å². The van der Waals surface area contributed by atoms with Gasteiger partial charge >= 0.3 is 0 Å². The van der Waals surface area contributed by atoms with Crippen molar-refractivity contribution in [2.24, 2.45) is 0 Å². The summed E-state index contributed by atoms with van der Waals surface area (Å²) in [5.74, 6) is -0.0108. The number of rotatable bonds is 6. The van der Waals surface area contributed by atoms with Gasteiger partial charge < -0.3 is 15.1 Å². The number of aromatic nitrogens is 2.